The molecule has 1 aliphatic heterocycles. The zero-order valence-corrected chi connectivity index (χ0v) is 16.7. The highest BCUT2D eigenvalue weighted by molar-refractivity contribution is 9.11. The number of thiophene rings is 1. The Bertz CT molecular complexity index is 701. The van der Waals surface area contributed by atoms with Gasteiger partial charge in [0.05, 0.1) is 15.7 Å². The highest BCUT2D eigenvalue weighted by Crippen LogP contribution is 2.38. The molecular weight excluding hydrogens is 406 g/mol. The van der Waals surface area contributed by atoms with Gasteiger partial charge in [-0.2, -0.15) is 0 Å². The smallest absolute Gasteiger partial charge is 0.307 e. The number of carboxylic acids is 1. The van der Waals surface area contributed by atoms with Gasteiger partial charge in [-0.05, 0) is 71.4 Å². The molecule has 0 bridgehead atoms. The summed E-state index contributed by atoms with van der Waals surface area (Å²) in [5.74, 6) is -0.946. The third-order valence-electron chi connectivity index (χ3n) is 4.46. The van der Waals surface area contributed by atoms with E-state index in [1.807, 2.05) is 0 Å². The van der Waals surface area contributed by atoms with Gasteiger partial charge in [-0.1, -0.05) is 12.1 Å². The van der Waals surface area contributed by atoms with Crippen LogP contribution in [0.15, 0.2) is 45.1 Å². The molecule has 1 N–H and O–H groups in total. The standard InChI is InChI=1S/C18H20BrNO2S2/c1-23-14-6-4-12(5-7-14)17(15-8-9-16(19)24-15)20-10-2-3-13(11-20)18(21)22/h4-9,13,17H,2-3,10-11H2,1H3,(H,21,22). The molecule has 2 heterocycles. The first kappa shape index (κ1) is 18.0. The number of benzene rings is 1. The second kappa shape index (κ2) is 8.04. The Kier molecular flexibility index (Phi) is 6.02. The summed E-state index contributed by atoms with van der Waals surface area (Å²) < 4.78 is 1.11. The zero-order valence-electron chi connectivity index (χ0n) is 13.4. The lowest BCUT2D eigenvalue weighted by Crippen LogP contribution is -2.41. The number of thioether (sulfide) groups is 1. The van der Waals surface area contributed by atoms with E-state index < -0.39 is 5.97 Å². The first-order valence-corrected chi connectivity index (χ1v) is 10.8. The van der Waals surface area contributed by atoms with Crippen LogP contribution in [0.1, 0.15) is 29.3 Å². The van der Waals surface area contributed by atoms with Gasteiger partial charge in [-0.3, -0.25) is 9.69 Å². The van der Waals surface area contributed by atoms with Crippen LogP contribution in [0.4, 0.5) is 0 Å². The number of piperidine rings is 1. The van der Waals surface area contributed by atoms with Crippen LogP contribution < -0.4 is 0 Å². The number of aliphatic carboxylic acids is 1. The number of halogens is 1. The summed E-state index contributed by atoms with van der Waals surface area (Å²) in [6, 6.07) is 13.0. The van der Waals surface area contributed by atoms with Gasteiger partial charge in [0.15, 0.2) is 0 Å². The fraction of sp³-hybridized carbons (Fsp3) is 0.389. The number of hydrogen-bond donors (Lipinski definition) is 1. The van der Waals surface area contributed by atoms with Crippen LogP contribution in [-0.2, 0) is 4.79 Å². The number of hydrogen-bond acceptors (Lipinski definition) is 4. The molecule has 0 radical (unpaired) electrons. The lowest BCUT2D eigenvalue weighted by molar-refractivity contribution is -0.143. The van der Waals surface area contributed by atoms with Crippen LogP contribution in [0, 0.1) is 5.92 Å². The van der Waals surface area contributed by atoms with Gasteiger partial charge >= 0.3 is 5.97 Å². The minimum absolute atomic E-state index is 0.124. The van der Waals surface area contributed by atoms with Gasteiger partial charge in [-0.15, -0.1) is 23.1 Å². The Morgan fingerprint density at radius 2 is 2.08 bits per heavy atom. The number of rotatable bonds is 5. The maximum atomic E-state index is 11.4. The van der Waals surface area contributed by atoms with E-state index in [0.717, 1.165) is 23.2 Å². The molecule has 1 aromatic heterocycles. The van der Waals surface area contributed by atoms with Crippen molar-refractivity contribution in [3.63, 3.8) is 0 Å². The Labute approximate surface area is 159 Å². The molecule has 2 aromatic rings. The van der Waals surface area contributed by atoms with Crippen LogP contribution in [-0.4, -0.2) is 35.3 Å². The first-order chi connectivity index (χ1) is 11.6. The molecule has 1 saturated heterocycles. The zero-order chi connectivity index (χ0) is 17.1. The van der Waals surface area contributed by atoms with Crippen molar-refractivity contribution >= 4 is 45.0 Å². The van der Waals surface area contributed by atoms with Crippen molar-refractivity contribution in [3.8, 4) is 0 Å². The van der Waals surface area contributed by atoms with E-state index in [9.17, 15) is 9.90 Å². The molecule has 1 aliphatic rings. The molecule has 2 atom stereocenters. The summed E-state index contributed by atoms with van der Waals surface area (Å²) in [5.41, 5.74) is 1.23. The minimum atomic E-state index is -0.677. The maximum absolute atomic E-state index is 11.4. The molecule has 128 valence electrons. The predicted molar refractivity (Wildman–Crippen MR) is 104 cm³/mol. The van der Waals surface area contributed by atoms with E-state index in [2.05, 4.69) is 63.5 Å². The molecule has 0 spiro atoms. The van der Waals surface area contributed by atoms with E-state index in [-0.39, 0.29) is 12.0 Å². The van der Waals surface area contributed by atoms with Gasteiger partial charge in [-0.25, -0.2) is 0 Å². The molecule has 1 fully saturated rings. The monoisotopic (exact) mass is 425 g/mol. The third-order valence-corrected chi connectivity index (χ3v) is 6.88. The van der Waals surface area contributed by atoms with Crippen molar-refractivity contribution in [2.45, 2.75) is 23.8 Å². The lowest BCUT2D eigenvalue weighted by atomic mass is 9.94. The Hall–Kier alpha value is -0.820. The highest BCUT2D eigenvalue weighted by atomic mass is 79.9. The van der Waals surface area contributed by atoms with Gasteiger partial charge < -0.3 is 5.11 Å². The van der Waals surface area contributed by atoms with Crippen molar-refractivity contribution in [1.82, 2.24) is 4.90 Å². The largest absolute Gasteiger partial charge is 0.481 e. The number of likely N-dealkylation sites (tertiary alicyclic amines) is 1. The summed E-state index contributed by atoms with van der Waals surface area (Å²) in [4.78, 5) is 16.3. The molecule has 3 rings (SSSR count). The fourth-order valence-corrected chi connectivity index (χ4v) is 5.25. The predicted octanol–water partition coefficient (Wildman–Crippen LogP) is 5.12. The molecule has 6 heteroatoms. The van der Waals surface area contributed by atoms with Crippen molar-refractivity contribution in [2.24, 2.45) is 5.92 Å². The van der Waals surface area contributed by atoms with Crippen molar-refractivity contribution in [2.75, 3.05) is 19.3 Å². The van der Waals surface area contributed by atoms with E-state index in [1.54, 1.807) is 23.1 Å². The second-order valence-electron chi connectivity index (χ2n) is 5.99. The van der Waals surface area contributed by atoms with E-state index in [0.29, 0.717) is 6.54 Å². The summed E-state index contributed by atoms with van der Waals surface area (Å²) >= 11 is 7.02. The Morgan fingerprint density at radius 1 is 1.33 bits per heavy atom. The molecule has 1 aromatic carbocycles. The topological polar surface area (TPSA) is 40.5 Å². The molecular formula is C18H20BrNO2S2. The SMILES string of the molecule is CSc1ccc(C(c2ccc(Br)s2)N2CCCC(C(=O)O)C2)cc1. The average molecular weight is 426 g/mol. The van der Waals surface area contributed by atoms with Gasteiger partial charge in [0, 0.05) is 16.3 Å². The van der Waals surface area contributed by atoms with Gasteiger partial charge in [0.1, 0.15) is 0 Å². The Balaban J connectivity index is 1.93. The molecule has 0 aliphatic carbocycles. The second-order valence-corrected chi connectivity index (χ2v) is 9.36. The van der Waals surface area contributed by atoms with Crippen LogP contribution >= 0.6 is 39.0 Å². The van der Waals surface area contributed by atoms with E-state index in [1.165, 1.54) is 15.3 Å². The number of nitrogens with zero attached hydrogens (tertiary/aromatic N) is 1. The Morgan fingerprint density at radius 3 is 2.67 bits per heavy atom. The van der Waals surface area contributed by atoms with E-state index in [4.69, 9.17) is 0 Å². The fourth-order valence-electron chi connectivity index (χ4n) is 3.26. The summed E-state index contributed by atoms with van der Waals surface area (Å²) in [6.07, 6.45) is 3.78. The van der Waals surface area contributed by atoms with Gasteiger partial charge in [0.2, 0.25) is 0 Å². The quantitative estimate of drug-likeness (QED) is 0.674. The molecule has 2 unspecified atom stereocenters. The van der Waals surface area contributed by atoms with Crippen molar-refractivity contribution < 1.29 is 9.90 Å². The third kappa shape index (κ3) is 4.04. The summed E-state index contributed by atoms with van der Waals surface area (Å²) in [7, 11) is 0. The lowest BCUT2D eigenvalue weighted by Gasteiger charge is -2.37. The van der Waals surface area contributed by atoms with Gasteiger partial charge in [0.25, 0.3) is 0 Å². The minimum Gasteiger partial charge on any atom is -0.481 e. The summed E-state index contributed by atoms with van der Waals surface area (Å²) in [5, 5.41) is 9.42. The van der Waals surface area contributed by atoms with E-state index >= 15 is 0 Å². The van der Waals surface area contributed by atoms with Crippen molar-refractivity contribution in [3.05, 3.63) is 50.6 Å². The van der Waals surface area contributed by atoms with Crippen LogP contribution in [0.3, 0.4) is 0 Å². The number of carboxylic acid groups (broad SMARTS) is 1. The van der Waals surface area contributed by atoms with Crippen LogP contribution in [0.5, 0.6) is 0 Å². The van der Waals surface area contributed by atoms with Crippen molar-refractivity contribution in [1.29, 1.82) is 0 Å². The first-order valence-electron chi connectivity index (χ1n) is 7.94. The average Bonchev–Trinajstić information content (AvgIpc) is 3.02. The molecule has 24 heavy (non-hydrogen) atoms. The van der Waals surface area contributed by atoms with Crippen LogP contribution in [0.25, 0.3) is 0 Å². The normalized spacial score (nSPS) is 20.0. The molecule has 3 nitrogen and oxygen atoms in total. The summed E-state index contributed by atoms with van der Waals surface area (Å²) in [6.45, 7) is 1.55. The maximum Gasteiger partial charge on any atom is 0.307 e. The highest BCUT2D eigenvalue weighted by Gasteiger charge is 2.31. The van der Waals surface area contributed by atoms with Crippen LogP contribution in [0.2, 0.25) is 0 Å². The molecule has 0 saturated carbocycles. The number of carbonyl (C=O) groups is 1. The molecule has 0 amide bonds.